The molecule has 5 rings (SSSR count). The van der Waals surface area contributed by atoms with Gasteiger partial charge in [-0.1, -0.05) is 32.9 Å². The molecule has 2 unspecified atom stereocenters. The molecule has 2 heterocycles. The minimum atomic E-state index is -0.495. The zero-order valence-electron chi connectivity index (χ0n) is 18.1. The molecule has 3 aliphatic rings. The maximum atomic E-state index is 13.3. The van der Waals surface area contributed by atoms with Gasteiger partial charge in [0.1, 0.15) is 19.0 Å². The Hall–Kier alpha value is -2.83. The smallest absolute Gasteiger partial charge is 0.235 e. The molecule has 2 fully saturated rings. The average molecular weight is 421 g/mol. The minimum Gasteiger partial charge on any atom is -0.516 e. The van der Waals surface area contributed by atoms with Gasteiger partial charge in [0.2, 0.25) is 5.91 Å². The number of anilines is 1. The quantitative estimate of drug-likeness (QED) is 0.611. The highest BCUT2D eigenvalue weighted by Crippen LogP contribution is 2.54. The largest absolute Gasteiger partial charge is 0.516 e. The molecule has 31 heavy (non-hydrogen) atoms. The summed E-state index contributed by atoms with van der Waals surface area (Å²) in [5.41, 5.74) is 4.10. The van der Waals surface area contributed by atoms with Gasteiger partial charge >= 0.3 is 0 Å². The van der Waals surface area contributed by atoms with Crippen LogP contribution in [0.3, 0.4) is 0 Å². The number of H-pyrrole nitrogens is 1. The van der Waals surface area contributed by atoms with Crippen molar-refractivity contribution >= 4 is 28.6 Å². The van der Waals surface area contributed by atoms with Crippen molar-refractivity contribution in [2.45, 2.75) is 51.2 Å². The highest BCUT2D eigenvalue weighted by Gasteiger charge is 2.53. The first-order valence-corrected chi connectivity index (χ1v) is 10.7. The summed E-state index contributed by atoms with van der Waals surface area (Å²) in [6.07, 6.45) is 10.3. The third-order valence-corrected chi connectivity index (χ3v) is 6.48. The van der Waals surface area contributed by atoms with E-state index < -0.39 is 5.41 Å². The van der Waals surface area contributed by atoms with Gasteiger partial charge < -0.3 is 24.9 Å². The first-order valence-electron chi connectivity index (χ1n) is 10.7. The molecule has 0 radical (unpaired) electrons. The summed E-state index contributed by atoms with van der Waals surface area (Å²) in [5, 5.41) is 13.5. The number of nitrogens with one attached hydrogen (secondary N) is 2. The molecule has 2 atom stereocenters. The SMILES string of the molecule is CC(C)(C)c1[nH]c2ccc(NC(=O)C3(C4=CC5OCOC5C=C4)CC3)cc2c1/C=C/O. The van der Waals surface area contributed by atoms with Crippen LogP contribution in [0.1, 0.15) is 44.9 Å². The summed E-state index contributed by atoms with van der Waals surface area (Å²) < 4.78 is 11.1. The van der Waals surface area contributed by atoms with Gasteiger partial charge in [-0.2, -0.15) is 0 Å². The number of ether oxygens (including phenoxy) is 2. The summed E-state index contributed by atoms with van der Waals surface area (Å²) in [5.74, 6) is 0.00551. The number of carbonyl (C=O) groups excluding carboxylic acids is 1. The average Bonchev–Trinajstić information content (AvgIpc) is 3.27. The standard InChI is InChI=1S/C25H28N2O4/c1-24(2,3)22-17(8-11-28)18-13-16(5-6-19(18)27-22)26-23(29)25(9-10-25)15-4-7-20-21(12-15)31-14-30-20/h4-8,11-13,20-21,27-28H,9-10,14H2,1-3H3,(H,26,29)/b11-8+. The van der Waals surface area contributed by atoms with Crippen molar-refractivity contribution in [3.63, 3.8) is 0 Å². The zero-order chi connectivity index (χ0) is 21.8. The number of hydrogen-bond donors (Lipinski definition) is 3. The number of aliphatic hydroxyl groups is 1. The van der Waals surface area contributed by atoms with E-state index in [1.54, 1.807) is 6.08 Å². The van der Waals surface area contributed by atoms with Crippen molar-refractivity contribution in [2.24, 2.45) is 5.41 Å². The molecular formula is C25H28N2O4. The number of benzene rings is 1. The number of aliphatic hydroxyl groups excluding tert-OH is 1. The Balaban J connectivity index is 1.43. The van der Waals surface area contributed by atoms with E-state index in [2.05, 4.69) is 31.1 Å². The summed E-state index contributed by atoms with van der Waals surface area (Å²) in [6.45, 7) is 6.67. The van der Waals surface area contributed by atoms with Gasteiger partial charge in [0, 0.05) is 33.3 Å². The van der Waals surface area contributed by atoms with Crippen molar-refractivity contribution in [1.29, 1.82) is 0 Å². The van der Waals surface area contributed by atoms with Crippen molar-refractivity contribution in [3.8, 4) is 0 Å². The molecule has 0 spiro atoms. The van der Waals surface area contributed by atoms with E-state index in [1.165, 1.54) is 0 Å². The van der Waals surface area contributed by atoms with E-state index in [9.17, 15) is 9.90 Å². The molecule has 1 aromatic carbocycles. The van der Waals surface area contributed by atoms with E-state index in [1.807, 2.05) is 36.4 Å². The maximum Gasteiger partial charge on any atom is 0.235 e. The number of allylic oxidation sites excluding steroid dienone is 1. The number of carbonyl (C=O) groups is 1. The Bertz CT molecular complexity index is 1130. The molecule has 1 saturated carbocycles. The van der Waals surface area contributed by atoms with Crippen LogP contribution in [-0.2, 0) is 19.7 Å². The molecule has 6 nitrogen and oxygen atoms in total. The first kappa shape index (κ1) is 20.1. The molecule has 3 N–H and O–H groups in total. The summed E-state index contributed by atoms with van der Waals surface area (Å²) in [7, 11) is 0. The highest BCUT2D eigenvalue weighted by molar-refractivity contribution is 6.02. The van der Waals surface area contributed by atoms with Crippen molar-refractivity contribution in [1.82, 2.24) is 4.98 Å². The van der Waals surface area contributed by atoms with Crippen LogP contribution in [0, 0.1) is 5.41 Å². The number of aromatic nitrogens is 1. The Morgan fingerprint density at radius 2 is 2.03 bits per heavy atom. The van der Waals surface area contributed by atoms with E-state index in [4.69, 9.17) is 9.47 Å². The number of rotatable bonds is 4. The third kappa shape index (κ3) is 3.40. The molecule has 1 amide bonds. The van der Waals surface area contributed by atoms with Gasteiger partial charge in [-0.05, 0) is 48.8 Å². The lowest BCUT2D eigenvalue weighted by Gasteiger charge is -2.22. The summed E-state index contributed by atoms with van der Waals surface area (Å²) in [4.78, 5) is 16.7. The molecular weight excluding hydrogens is 392 g/mol. The lowest BCUT2D eigenvalue weighted by atomic mass is 9.88. The number of hydrogen-bond acceptors (Lipinski definition) is 4. The molecule has 1 saturated heterocycles. The van der Waals surface area contributed by atoms with Crippen LogP contribution >= 0.6 is 0 Å². The first-order chi connectivity index (χ1) is 14.8. The Labute approximate surface area is 181 Å². The third-order valence-electron chi connectivity index (χ3n) is 6.48. The summed E-state index contributed by atoms with van der Waals surface area (Å²) >= 11 is 0. The number of amides is 1. The van der Waals surface area contributed by atoms with Gasteiger partial charge in [-0.3, -0.25) is 4.79 Å². The maximum absolute atomic E-state index is 13.3. The van der Waals surface area contributed by atoms with E-state index >= 15 is 0 Å². The van der Waals surface area contributed by atoms with Gasteiger partial charge in [-0.15, -0.1) is 0 Å². The lowest BCUT2D eigenvalue weighted by molar-refractivity contribution is -0.119. The fourth-order valence-electron chi connectivity index (χ4n) is 4.60. The van der Waals surface area contributed by atoms with Crippen molar-refractivity contribution < 1.29 is 19.4 Å². The van der Waals surface area contributed by atoms with Gasteiger partial charge in [0.05, 0.1) is 11.7 Å². The van der Waals surface area contributed by atoms with Crippen LogP contribution in [0.5, 0.6) is 0 Å². The van der Waals surface area contributed by atoms with Crippen LogP contribution in [-0.4, -0.2) is 35.0 Å². The van der Waals surface area contributed by atoms with E-state index in [-0.39, 0.29) is 23.5 Å². The Kier molecular flexibility index (Phi) is 4.61. The van der Waals surface area contributed by atoms with Crippen molar-refractivity contribution in [3.05, 3.63) is 59.5 Å². The monoisotopic (exact) mass is 420 g/mol. The second-order valence-corrected chi connectivity index (χ2v) is 9.64. The lowest BCUT2D eigenvalue weighted by Crippen LogP contribution is -2.29. The minimum absolute atomic E-state index is 0.00551. The number of fused-ring (bicyclic) bond motifs is 2. The predicted molar refractivity (Wildman–Crippen MR) is 121 cm³/mol. The topological polar surface area (TPSA) is 83.6 Å². The molecule has 2 aliphatic carbocycles. The number of aromatic amines is 1. The normalized spacial score (nSPS) is 24.4. The molecule has 0 bridgehead atoms. The van der Waals surface area contributed by atoms with Crippen LogP contribution in [0.4, 0.5) is 5.69 Å². The van der Waals surface area contributed by atoms with E-state index in [0.29, 0.717) is 6.79 Å². The van der Waals surface area contributed by atoms with Gasteiger partial charge in [-0.25, -0.2) is 0 Å². The van der Waals surface area contributed by atoms with Crippen LogP contribution < -0.4 is 5.32 Å². The van der Waals surface area contributed by atoms with Gasteiger partial charge in [0.15, 0.2) is 0 Å². The molecule has 1 aliphatic heterocycles. The second kappa shape index (κ2) is 7.11. The molecule has 2 aromatic rings. The zero-order valence-corrected chi connectivity index (χ0v) is 18.1. The molecule has 162 valence electrons. The predicted octanol–water partition coefficient (Wildman–Crippen LogP) is 4.95. The second-order valence-electron chi connectivity index (χ2n) is 9.64. The molecule has 1 aromatic heterocycles. The van der Waals surface area contributed by atoms with Crippen LogP contribution in [0.15, 0.2) is 48.3 Å². The fourth-order valence-corrected chi connectivity index (χ4v) is 4.60. The summed E-state index contributed by atoms with van der Waals surface area (Å²) in [6, 6.07) is 5.86. The fraction of sp³-hybridized carbons (Fsp3) is 0.400. The Morgan fingerprint density at radius 1 is 1.26 bits per heavy atom. The molecule has 6 heteroatoms. The van der Waals surface area contributed by atoms with Crippen molar-refractivity contribution in [2.75, 3.05) is 12.1 Å². The van der Waals surface area contributed by atoms with Gasteiger partial charge in [0.25, 0.3) is 0 Å². The van der Waals surface area contributed by atoms with Crippen LogP contribution in [0.2, 0.25) is 0 Å². The Morgan fingerprint density at radius 3 is 2.74 bits per heavy atom. The van der Waals surface area contributed by atoms with Crippen LogP contribution in [0.25, 0.3) is 17.0 Å². The van der Waals surface area contributed by atoms with E-state index in [0.717, 1.165) is 52.5 Å². The highest BCUT2D eigenvalue weighted by atomic mass is 16.7.